The number of hydrogen-bond acceptors (Lipinski definition) is 9. The monoisotopic (exact) mass is 471 g/mol. The lowest BCUT2D eigenvalue weighted by Gasteiger charge is -2.17. The lowest BCUT2D eigenvalue weighted by molar-refractivity contribution is -0.384. The van der Waals surface area contributed by atoms with Crippen molar-refractivity contribution in [3.05, 3.63) is 39.8 Å². The fourth-order valence-corrected chi connectivity index (χ4v) is 5.22. The number of benzene rings is 1. The van der Waals surface area contributed by atoms with Gasteiger partial charge in [-0.25, -0.2) is 4.98 Å². The molecule has 0 spiro atoms. The summed E-state index contributed by atoms with van der Waals surface area (Å²) in [6.45, 7) is 2.01. The Bertz CT molecular complexity index is 1150. The minimum atomic E-state index is -0.439. The lowest BCUT2D eigenvalue weighted by atomic mass is 10.1. The summed E-state index contributed by atoms with van der Waals surface area (Å²) in [7, 11) is 0. The maximum atomic E-state index is 12.5. The maximum Gasteiger partial charge on any atom is 0.270 e. The summed E-state index contributed by atoms with van der Waals surface area (Å²) in [5, 5.41) is 25.6. The highest BCUT2D eigenvalue weighted by Crippen LogP contribution is 2.41. The van der Waals surface area contributed by atoms with Crippen molar-refractivity contribution in [2.45, 2.75) is 36.9 Å². The third-order valence-electron chi connectivity index (χ3n) is 5.38. The number of anilines is 2. The van der Waals surface area contributed by atoms with E-state index in [0.29, 0.717) is 22.4 Å². The van der Waals surface area contributed by atoms with Crippen LogP contribution >= 0.6 is 23.1 Å². The van der Waals surface area contributed by atoms with E-state index in [2.05, 4.69) is 30.0 Å². The van der Waals surface area contributed by atoms with Gasteiger partial charge in [0.05, 0.1) is 16.4 Å². The van der Waals surface area contributed by atoms with E-state index >= 15 is 0 Å². The van der Waals surface area contributed by atoms with Crippen molar-refractivity contribution >= 4 is 45.8 Å². The Morgan fingerprint density at radius 3 is 2.84 bits per heavy atom. The molecule has 1 aliphatic carbocycles. The molecular weight excluding hydrogens is 450 g/mol. The molecular formula is C20H21N7O3S2. The van der Waals surface area contributed by atoms with Crippen LogP contribution in [0.15, 0.2) is 34.8 Å². The molecule has 0 bridgehead atoms. The summed E-state index contributed by atoms with van der Waals surface area (Å²) in [6, 6.07) is 6.72. The van der Waals surface area contributed by atoms with Gasteiger partial charge in [0.15, 0.2) is 10.3 Å². The van der Waals surface area contributed by atoms with Crippen molar-refractivity contribution in [2.75, 3.05) is 29.1 Å². The van der Waals surface area contributed by atoms with Crippen LogP contribution in [-0.4, -0.2) is 49.4 Å². The quantitative estimate of drug-likeness (QED) is 0.298. The third kappa shape index (κ3) is 4.46. The Hall–Kier alpha value is -2.99. The van der Waals surface area contributed by atoms with E-state index in [1.54, 1.807) is 17.5 Å². The molecule has 0 atom stereocenters. The molecule has 12 heteroatoms. The van der Waals surface area contributed by atoms with Crippen molar-refractivity contribution in [3.63, 3.8) is 0 Å². The molecule has 2 aromatic heterocycles. The molecule has 1 aliphatic heterocycles. The van der Waals surface area contributed by atoms with E-state index < -0.39 is 4.92 Å². The van der Waals surface area contributed by atoms with Crippen LogP contribution in [0.4, 0.5) is 16.8 Å². The minimum Gasteiger partial charge on any atom is -0.341 e. The molecule has 166 valence electrons. The average Bonchev–Trinajstić information content (AvgIpc) is 3.19. The first-order valence-electron chi connectivity index (χ1n) is 10.4. The van der Waals surface area contributed by atoms with Crippen LogP contribution in [-0.2, 0) is 4.79 Å². The highest BCUT2D eigenvalue weighted by atomic mass is 32.2. The normalized spacial score (nSPS) is 15.8. The standard InChI is InChI=1S/C20H21N7O3S2/c28-17(22-18-21-16(11-31-18)13-4-3-5-15(10-13)27(29)30)12-32-20-24-23-19(25-8-1-2-9-25)26(20)14-6-7-14/h3-5,10-11,14H,1-2,6-9,12H2,(H,21,22,28). The van der Waals surface area contributed by atoms with Gasteiger partial charge < -0.3 is 10.2 Å². The largest absolute Gasteiger partial charge is 0.341 e. The van der Waals surface area contributed by atoms with Crippen LogP contribution in [0.25, 0.3) is 11.3 Å². The molecule has 0 unspecified atom stereocenters. The van der Waals surface area contributed by atoms with Gasteiger partial charge in [-0.05, 0) is 25.7 Å². The SMILES string of the molecule is O=C(CSc1nnc(N2CCCC2)n1C1CC1)Nc1nc(-c2cccc([N+](=O)[O-])c2)cs1. The van der Waals surface area contributed by atoms with E-state index in [-0.39, 0.29) is 17.3 Å². The second kappa shape index (κ2) is 8.87. The van der Waals surface area contributed by atoms with Gasteiger partial charge >= 0.3 is 0 Å². The number of hydrogen-bond donors (Lipinski definition) is 1. The second-order valence-corrected chi connectivity index (χ2v) is 9.56. The molecule has 3 heterocycles. The average molecular weight is 472 g/mol. The number of nitrogens with one attached hydrogen (secondary N) is 1. The van der Waals surface area contributed by atoms with Crippen LogP contribution in [0.3, 0.4) is 0 Å². The van der Waals surface area contributed by atoms with Gasteiger partial charge in [-0.15, -0.1) is 21.5 Å². The Balaban J connectivity index is 1.22. The van der Waals surface area contributed by atoms with Crippen LogP contribution in [0.1, 0.15) is 31.7 Å². The van der Waals surface area contributed by atoms with Crippen LogP contribution in [0, 0.1) is 10.1 Å². The second-order valence-electron chi connectivity index (χ2n) is 7.76. The number of nitro groups is 1. The van der Waals surface area contributed by atoms with Crippen molar-refractivity contribution < 1.29 is 9.72 Å². The molecule has 1 saturated heterocycles. The number of aromatic nitrogens is 4. The number of carbonyl (C=O) groups excluding carboxylic acids is 1. The Morgan fingerprint density at radius 2 is 2.09 bits per heavy atom. The van der Waals surface area contributed by atoms with Gasteiger partial charge in [0, 0.05) is 42.2 Å². The predicted molar refractivity (Wildman–Crippen MR) is 123 cm³/mol. The minimum absolute atomic E-state index is 0.00515. The molecule has 1 saturated carbocycles. The maximum absolute atomic E-state index is 12.5. The molecule has 0 radical (unpaired) electrons. The number of nitro benzene ring substituents is 1. The van der Waals surface area contributed by atoms with Gasteiger partial charge in [0.25, 0.3) is 5.69 Å². The summed E-state index contributed by atoms with van der Waals surface area (Å²) >= 11 is 2.67. The zero-order valence-corrected chi connectivity index (χ0v) is 18.8. The summed E-state index contributed by atoms with van der Waals surface area (Å²) in [5.74, 6) is 0.953. The first-order valence-corrected chi connectivity index (χ1v) is 12.3. The number of non-ortho nitro benzene ring substituents is 1. The summed E-state index contributed by atoms with van der Waals surface area (Å²) in [4.78, 5) is 29.7. The molecule has 1 amide bonds. The molecule has 5 rings (SSSR count). The summed E-state index contributed by atoms with van der Waals surface area (Å²) in [5.41, 5.74) is 1.23. The Labute approximate surface area is 192 Å². The molecule has 1 aromatic carbocycles. The zero-order valence-electron chi connectivity index (χ0n) is 17.1. The molecule has 32 heavy (non-hydrogen) atoms. The number of thioether (sulfide) groups is 1. The van der Waals surface area contributed by atoms with Crippen LogP contribution < -0.4 is 10.2 Å². The van der Waals surface area contributed by atoms with E-state index in [4.69, 9.17) is 0 Å². The molecule has 3 aromatic rings. The number of thiazole rings is 1. The fourth-order valence-electron chi connectivity index (χ4n) is 3.68. The smallest absolute Gasteiger partial charge is 0.270 e. The first kappa shape index (κ1) is 20.9. The van der Waals surface area contributed by atoms with Crippen molar-refractivity contribution in [3.8, 4) is 11.3 Å². The predicted octanol–water partition coefficient (Wildman–Crippen LogP) is 3.98. The Kier molecular flexibility index (Phi) is 5.79. The van der Waals surface area contributed by atoms with Gasteiger partial charge in [-0.2, -0.15) is 0 Å². The number of amides is 1. The van der Waals surface area contributed by atoms with Gasteiger partial charge in [-0.1, -0.05) is 23.9 Å². The first-order chi connectivity index (χ1) is 15.6. The highest BCUT2D eigenvalue weighted by Gasteiger charge is 2.32. The summed E-state index contributed by atoms with van der Waals surface area (Å²) in [6.07, 6.45) is 4.60. The van der Waals surface area contributed by atoms with E-state index in [0.717, 1.165) is 37.0 Å². The third-order valence-corrected chi connectivity index (χ3v) is 7.08. The molecule has 1 N–H and O–H groups in total. The number of nitrogens with zero attached hydrogens (tertiary/aromatic N) is 6. The van der Waals surface area contributed by atoms with E-state index in [1.807, 2.05) is 0 Å². The van der Waals surface area contributed by atoms with Gasteiger partial charge in [0.2, 0.25) is 11.9 Å². The van der Waals surface area contributed by atoms with Crippen molar-refractivity contribution in [2.24, 2.45) is 0 Å². The van der Waals surface area contributed by atoms with Crippen molar-refractivity contribution in [1.82, 2.24) is 19.7 Å². The lowest BCUT2D eigenvalue weighted by Crippen LogP contribution is -2.22. The van der Waals surface area contributed by atoms with Gasteiger partial charge in [-0.3, -0.25) is 19.5 Å². The van der Waals surface area contributed by atoms with E-state index in [1.165, 1.54) is 48.1 Å². The van der Waals surface area contributed by atoms with Gasteiger partial charge in [0.1, 0.15) is 0 Å². The van der Waals surface area contributed by atoms with Crippen molar-refractivity contribution in [1.29, 1.82) is 0 Å². The van der Waals surface area contributed by atoms with Crippen LogP contribution in [0.5, 0.6) is 0 Å². The zero-order chi connectivity index (χ0) is 22.1. The van der Waals surface area contributed by atoms with Crippen LogP contribution in [0.2, 0.25) is 0 Å². The Morgan fingerprint density at radius 1 is 1.28 bits per heavy atom. The molecule has 2 aliphatic rings. The summed E-state index contributed by atoms with van der Waals surface area (Å²) < 4.78 is 2.19. The molecule has 2 fully saturated rings. The number of carbonyl (C=O) groups is 1. The fraction of sp³-hybridized carbons (Fsp3) is 0.400. The highest BCUT2D eigenvalue weighted by molar-refractivity contribution is 7.99. The van der Waals surface area contributed by atoms with E-state index in [9.17, 15) is 14.9 Å². The topological polar surface area (TPSA) is 119 Å². The number of rotatable bonds is 8. The molecule has 10 nitrogen and oxygen atoms in total.